The first-order valence-corrected chi connectivity index (χ1v) is 6.02. The molecule has 1 heterocycles. The molecule has 2 aromatic carbocycles. The third kappa shape index (κ3) is 1.84. The summed E-state index contributed by atoms with van der Waals surface area (Å²) in [4.78, 5) is 0. The van der Waals surface area contributed by atoms with E-state index in [-0.39, 0.29) is 11.6 Å². The van der Waals surface area contributed by atoms with Gasteiger partial charge in [0.25, 0.3) is 0 Å². The summed E-state index contributed by atoms with van der Waals surface area (Å²) in [6, 6.07) is 14.6. The molecule has 2 aromatic rings. The molecule has 0 saturated carbocycles. The minimum Gasteiger partial charge on any atom is -0.387 e. The van der Waals surface area contributed by atoms with E-state index < -0.39 is 6.10 Å². The Morgan fingerprint density at radius 1 is 1.12 bits per heavy atom. The summed E-state index contributed by atoms with van der Waals surface area (Å²) in [5, 5.41) is 16.0. The fraction of sp³-hybridized carbons (Fsp3) is 0.333. The maximum absolute atomic E-state index is 10.3. The third-order valence-electron chi connectivity index (χ3n) is 3.65. The summed E-state index contributed by atoms with van der Waals surface area (Å²) >= 11 is 0. The van der Waals surface area contributed by atoms with Crippen LogP contribution in [0.2, 0.25) is 0 Å². The zero-order chi connectivity index (χ0) is 12.0. The van der Waals surface area contributed by atoms with Crippen LogP contribution in [0.4, 0.5) is 0 Å². The molecule has 2 N–H and O–H groups in total. The second-order valence-corrected chi connectivity index (χ2v) is 5.40. The van der Waals surface area contributed by atoms with Crippen LogP contribution in [0.3, 0.4) is 0 Å². The highest BCUT2D eigenvalue weighted by Gasteiger charge is 2.49. The first kappa shape index (κ1) is 10.8. The van der Waals surface area contributed by atoms with E-state index in [0.717, 1.165) is 5.56 Å². The second-order valence-electron chi connectivity index (χ2n) is 5.40. The van der Waals surface area contributed by atoms with Crippen molar-refractivity contribution in [1.29, 1.82) is 0 Å². The lowest BCUT2D eigenvalue weighted by atomic mass is 9.97. The minimum absolute atomic E-state index is 0.0606. The van der Waals surface area contributed by atoms with Gasteiger partial charge in [-0.1, -0.05) is 36.4 Å². The Labute approximate surface area is 101 Å². The van der Waals surface area contributed by atoms with Gasteiger partial charge in [-0.25, -0.2) is 0 Å². The van der Waals surface area contributed by atoms with Crippen molar-refractivity contribution >= 4 is 10.8 Å². The average Bonchev–Trinajstić information content (AvgIpc) is 2.97. The molecule has 0 aliphatic carbocycles. The zero-order valence-electron chi connectivity index (χ0n) is 10.1. The Kier molecular flexibility index (Phi) is 2.25. The molecule has 0 bridgehead atoms. The minimum atomic E-state index is -0.422. The van der Waals surface area contributed by atoms with E-state index in [1.54, 1.807) is 0 Å². The van der Waals surface area contributed by atoms with Crippen molar-refractivity contribution in [2.45, 2.75) is 31.5 Å². The molecule has 1 fully saturated rings. The van der Waals surface area contributed by atoms with Crippen LogP contribution >= 0.6 is 0 Å². The Hall–Kier alpha value is -1.38. The van der Waals surface area contributed by atoms with Crippen LogP contribution in [0.15, 0.2) is 42.5 Å². The maximum Gasteiger partial charge on any atom is 0.0961 e. The number of aliphatic hydroxyl groups is 1. The molecule has 0 radical (unpaired) electrons. The van der Waals surface area contributed by atoms with Gasteiger partial charge in [-0.2, -0.15) is 0 Å². The van der Waals surface area contributed by atoms with Gasteiger partial charge in [0.05, 0.1) is 12.1 Å². The van der Waals surface area contributed by atoms with Crippen molar-refractivity contribution in [2.24, 2.45) is 0 Å². The molecular weight excluding hydrogens is 210 g/mol. The molecule has 0 spiro atoms. The number of rotatable bonds is 2. The summed E-state index contributed by atoms with van der Waals surface area (Å²) in [5.74, 6) is 0. The van der Waals surface area contributed by atoms with Gasteiger partial charge >= 0.3 is 0 Å². The molecule has 88 valence electrons. The lowest BCUT2D eigenvalue weighted by Gasteiger charge is -2.11. The number of aliphatic hydroxyl groups excluding tert-OH is 1. The van der Waals surface area contributed by atoms with E-state index in [2.05, 4.69) is 43.4 Å². The lowest BCUT2D eigenvalue weighted by molar-refractivity contribution is 0.170. The molecule has 2 atom stereocenters. The number of benzene rings is 2. The Morgan fingerprint density at radius 3 is 2.41 bits per heavy atom. The molecule has 2 nitrogen and oxygen atoms in total. The quantitative estimate of drug-likeness (QED) is 0.774. The normalized spacial score (nSPS) is 23.6. The maximum atomic E-state index is 10.3. The third-order valence-corrected chi connectivity index (χ3v) is 3.65. The number of hydrogen-bond acceptors (Lipinski definition) is 2. The van der Waals surface area contributed by atoms with Crippen LogP contribution in [0.5, 0.6) is 0 Å². The summed E-state index contributed by atoms with van der Waals surface area (Å²) < 4.78 is 0. The Balaban J connectivity index is 1.96. The lowest BCUT2D eigenvalue weighted by Crippen LogP contribution is -2.12. The van der Waals surface area contributed by atoms with Gasteiger partial charge in [0.15, 0.2) is 0 Å². The van der Waals surface area contributed by atoms with E-state index in [1.807, 2.05) is 18.2 Å². The van der Waals surface area contributed by atoms with Crippen LogP contribution < -0.4 is 5.32 Å². The van der Waals surface area contributed by atoms with E-state index in [4.69, 9.17) is 0 Å². The smallest absolute Gasteiger partial charge is 0.0961 e. The molecule has 3 rings (SSSR count). The SMILES string of the molecule is CC1(C)NC1C(O)c1ccc2ccccc2c1. The van der Waals surface area contributed by atoms with Crippen molar-refractivity contribution in [3.63, 3.8) is 0 Å². The number of nitrogens with one attached hydrogen (secondary N) is 1. The first-order valence-electron chi connectivity index (χ1n) is 6.02. The van der Waals surface area contributed by atoms with E-state index in [9.17, 15) is 5.11 Å². The molecule has 1 aliphatic rings. The number of hydrogen-bond donors (Lipinski definition) is 2. The van der Waals surface area contributed by atoms with Crippen LogP contribution in [-0.4, -0.2) is 16.7 Å². The highest BCUT2D eigenvalue weighted by atomic mass is 16.3. The van der Waals surface area contributed by atoms with Gasteiger partial charge in [0.2, 0.25) is 0 Å². The van der Waals surface area contributed by atoms with Crippen LogP contribution in [0.25, 0.3) is 10.8 Å². The average molecular weight is 227 g/mol. The Bertz CT molecular complexity index is 562. The highest BCUT2D eigenvalue weighted by molar-refractivity contribution is 5.83. The van der Waals surface area contributed by atoms with Gasteiger partial charge in [0, 0.05) is 5.54 Å². The summed E-state index contributed by atoms with van der Waals surface area (Å²) in [7, 11) is 0. The fourth-order valence-electron chi connectivity index (χ4n) is 2.42. The second kappa shape index (κ2) is 3.56. The van der Waals surface area contributed by atoms with Gasteiger partial charge in [-0.15, -0.1) is 0 Å². The van der Waals surface area contributed by atoms with Crippen molar-refractivity contribution < 1.29 is 5.11 Å². The van der Waals surface area contributed by atoms with Crippen molar-refractivity contribution in [1.82, 2.24) is 5.32 Å². The van der Waals surface area contributed by atoms with Crippen molar-refractivity contribution in [3.8, 4) is 0 Å². The monoisotopic (exact) mass is 227 g/mol. The molecule has 17 heavy (non-hydrogen) atoms. The molecule has 2 unspecified atom stereocenters. The summed E-state index contributed by atoms with van der Waals surface area (Å²) in [6.07, 6.45) is -0.422. The fourth-order valence-corrected chi connectivity index (χ4v) is 2.42. The molecule has 2 heteroatoms. The number of fused-ring (bicyclic) bond motifs is 1. The molecule has 1 aliphatic heterocycles. The highest BCUT2D eigenvalue weighted by Crippen LogP contribution is 2.36. The van der Waals surface area contributed by atoms with E-state index >= 15 is 0 Å². The van der Waals surface area contributed by atoms with Crippen molar-refractivity contribution in [2.75, 3.05) is 0 Å². The summed E-state index contributed by atoms with van der Waals surface area (Å²) in [6.45, 7) is 4.23. The molecule has 1 saturated heterocycles. The molecular formula is C15H17NO. The topological polar surface area (TPSA) is 42.2 Å². The molecule has 0 aromatic heterocycles. The van der Waals surface area contributed by atoms with Gasteiger partial charge in [-0.3, -0.25) is 0 Å². The van der Waals surface area contributed by atoms with Gasteiger partial charge < -0.3 is 10.4 Å². The van der Waals surface area contributed by atoms with Gasteiger partial charge in [-0.05, 0) is 36.2 Å². The van der Waals surface area contributed by atoms with E-state index in [0.29, 0.717) is 0 Å². The molecule has 0 amide bonds. The predicted molar refractivity (Wildman–Crippen MR) is 69.9 cm³/mol. The standard InChI is InChI=1S/C15H17NO/c1-15(2)14(16-15)13(17)12-8-7-10-5-3-4-6-11(10)9-12/h3-9,13-14,16-17H,1-2H3. The largest absolute Gasteiger partial charge is 0.387 e. The van der Waals surface area contributed by atoms with Crippen molar-refractivity contribution in [3.05, 3.63) is 48.0 Å². The summed E-state index contributed by atoms with van der Waals surface area (Å²) in [5.41, 5.74) is 1.05. The van der Waals surface area contributed by atoms with Gasteiger partial charge in [0.1, 0.15) is 0 Å². The van der Waals surface area contributed by atoms with Crippen LogP contribution in [0, 0.1) is 0 Å². The zero-order valence-corrected chi connectivity index (χ0v) is 10.1. The van der Waals surface area contributed by atoms with Crippen LogP contribution in [-0.2, 0) is 0 Å². The first-order chi connectivity index (χ1) is 8.08. The predicted octanol–water partition coefficient (Wildman–Crippen LogP) is 2.62. The van der Waals surface area contributed by atoms with E-state index in [1.165, 1.54) is 10.8 Å². The van der Waals surface area contributed by atoms with Crippen LogP contribution in [0.1, 0.15) is 25.5 Å². The Morgan fingerprint density at radius 2 is 1.76 bits per heavy atom.